The van der Waals surface area contributed by atoms with Gasteiger partial charge in [0.2, 0.25) is 5.91 Å². The van der Waals surface area contributed by atoms with Crippen molar-refractivity contribution in [1.29, 1.82) is 0 Å². The number of carbonyl (C=O) groups is 4. The summed E-state index contributed by atoms with van der Waals surface area (Å²) < 4.78 is 0. The molecule has 1 atom stereocenters. The topological polar surface area (TPSA) is 95.6 Å². The van der Waals surface area contributed by atoms with Crippen molar-refractivity contribution in [2.24, 2.45) is 5.92 Å². The summed E-state index contributed by atoms with van der Waals surface area (Å²) >= 11 is 8.58. The van der Waals surface area contributed by atoms with Gasteiger partial charge in [0.05, 0.1) is 15.5 Å². The molecule has 0 radical (unpaired) electrons. The molecule has 3 rings (SSSR count). The molecule has 0 saturated carbocycles. The molecule has 0 aromatic heterocycles. The predicted molar refractivity (Wildman–Crippen MR) is 141 cm³/mol. The Kier molecular flexibility index (Phi) is 9.42. The average Bonchev–Trinajstić information content (AvgIpc) is 3.10. The normalized spacial score (nSPS) is 15.6. The average molecular weight is 532 g/mol. The molecule has 0 bridgehead atoms. The third-order valence-electron chi connectivity index (χ3n) is 5.28. The molecule has 2 aromatic rings. The third-order valence-corrected chi connectivity index (χ3v) is 7.26. The summed E-state index contributed by atoms with van der Waals surface area (Å²) in [5, 5.41) is 5.34. The summed E-state index contributed by atoms with van der Waals surface area (Å²) in [6, 6.07) is 13.5. The van der Waals surface area contributed by atoms with Gasteiger partial charge in [-0.1, -0.05) is 49.7 Å². The Morgan fingerprint density at radius 1 is 1.11 bits per heavy atom. The van der Waals surface area contributed by atoms with Crippen LogP contribution in [-0.4, -0.2) is 53.2 Å². The molecule has 4 amide bonds. The zero-order chi connectivity index (χ0) is 25.5. The first kappa shape index (κ1) is 26.8. The van der Waals surface area contributed by atoms with Crippen LogP contribution < -0.4 is 10.6 Å². The second-order valence-electron chi connectivity index (χ2n) is 8.07. The van der Waals surface area contributed by atoms with Crippen LogP contribution in [0, 0.1) is 5.92 Å². The monoisotopic (exact) mass is 531 g/mol. The maximum Gasteiger partial charge on any atom is 0.293 e. The number of rotatable bonds is 9. The summed E-state index contributed by atoms with van der Waals surface area (Å²) in [6.45, 7) is 3.72. The van der Waals surface area contributed by atoms with E-state index in [1.807, 2.05) is 44.4 Å². The van der Waals surface area contributed by atoms with Crippen molar-refractivity contribution in [1.82, 2.24) is 15.5 Å². The molecule has 0 spiro atoms. The molecule has 1 heterocycles. The molecule has 7 nitrogen and oxygen atoms in total. The van der Waals surface area contributed by atoms with E-state index in [1.165, 1.54) is 0 Å². The SMILES string of the molecule is CSc1ccc(C=C2SC(=O)N(CCNC(=O)C(NC(=O)c3ccccc3Cl)C(C)C)C2=O)cc1. The number of benzene rings is 2. The van der Waals surface area contributed by atoms with Crippen LogP contribution in [0.1, 0.15) is 29.8 Å². The maximum absolute atomic E-state index is 12.8. The fraction of sp³-hybridized carbons (Fsp3) is 0.280. The summed E-state index contributed by atoms with van der Waals surface area (Å²) in [6.07, 6.45) is 3.67. The predicted octanol–water partition coefficient (Wildman–Crippen LogP) is 4.67. The fourth-order valence-electron chi connectivity index (χ4n) is 3.34. The second-order valence-corrected chi connectivity index (χ2v) is 10.4. The van der Waals surface area contributed by atoms with Crippen LogP contribution in [-0.2, 0) is 9.59 Å². The molecular weight excluding hydrogens is 506 g/mol. The minimum atomic E-state index is -0.808. The Labute approximate surface area is 218 Å². The first-order valence-electron chi connectivity index (χ1n) is 10.9. The first-order chi connectivity index (χ1) is 16.7. The molecule has 10 heteroatoms. The quantitative estimate of drug-likeness (QED) is 0.360. The highest BCUT2D eigenvalue weighted by Crippen LogP contribution is 2.32. The standard InChI is InChI=1S/C25H26ClN3O4S2/c1-15(2)21(28-22(30)18-6-4-5-7-19(18)26)23(31)27-12-13-29-24(32)20(35-25(29)33)14-16-8-10-17(34-3)11-9-16/h4-11,14-15,21H,12-13H2,1-3H3,(H,27,31)(H,28,30). The minimum absolute atomic E-state index is 0.0302. The van der Waals surface area contributed by atoms with Crippen LogP contribution in [0.2, 0.25) is 5.02 Å². The van der Waals surface area contributed by atoms with Gasteiger partial charge in [-0.3, -0.25) is 24.1 Å². The lowest BCUT2D eigenvalue weighted by molar-refractivity contribution is -0.125. The van der Waals surface area contributed by atoms with E-state index in [1.54, 1.807) is 42.1 Å². The van der Waals surface area contributed by atoms with Crippen LogP contribution in [0.3, 0.4) is 0 Å². The number of hydrogen-bond donors (Lipinski definition) is 2. The molecule has 2 N–H and O–H groups in total. The van der Waals surface area contributed by atoms with Crippen LogP contribution >= 0.6 is 35.1 Å². The maximum atomic E-state index is 12.8. The number of halogens is 1. The van der Waals surface area contributed by atoms with E-state index < -0.39 is 23.8 Å². The van der Waals surface area contributed by atoms with Crippen LogP contribution in [0.5, 0.6) is 0 Å². The molecule has 1 fully saturated rings. The van der Waals surface area contributed by atoms with Crippen molar-refractivity contribution in [2.45, 2.75) is 24.8 Å². The molecule has 1 aliphatic heterocycles. The molecule has 1 unspecified atom stereocenters. The summed E-state index contributed by atoms with van der Waals surface area (Å²) in [5.74, 6) is -1.45. The second kappa shape index (κ2) is 12.3. The smallest absolute Gasteiger partial charge is 0.293 e. The molecule has 184 valence electrons. The van der Waals surface area contributed by atoms with Gasteiger partial charge in [0.1, 0.15) is 6.04 Å². The summed E-state index contributed by atoms with van der Waals surface area (Å²) in [5.41, 5.74) is 1.11. The van der Waals surface area contributed by atoms with Crippen molar-refractivity contribution in [2.75, 3.05) is 19.3 Å². The van der Waals surface area contributed by atoms with Crippen molar-refractivity contribution in [3.63, 3.8) is 0 Å². The lowest BCUT2D eigenvalue weighted by Gasteiger charge is -2.22. The molecule has 1 saturated heterocycles. The van der Waals surface area contributed by atoms with Crippen LogP contribution in [0.4, 0.5) is 4.79 Å². The Bertz CT molecular complexity index is 1150. The molecular formula is C25H26ClN3O4S2. The number of thioether (sulfide) groups is 2. The van der Waals surface area contributed by atoms with E-state index in [0.29, 0.717) is 9.93 Å². The number of nitrogens with zero attached hydrogens (tertiary/aromatic N) is 1. The number of imide groups is 1. The van der Waals surface area contributed by atoms with Gasteiger partial charge in [0.25, 0.3) is 17.1 Å². The van der Waals surface area contributed by atoms with Gasteiger partial charge in [0.15, 0.2) is 0 Å². The van der Waals surface area contributed by atoms with Gasteiger partial charge in [-0.2, -0.15) is 0 Å². The zero-order valence-corrected chi connectivity index (χ0v) is 21.9. The Morgan fingerprint density at radius 2 is 1.80 bits per heavy atom. The van der Waals surface area contributed by atoms with E-state index in [9.17, 15) is 19.2 Å². The Morgan fingerprint density at radius 3 is 2.43 bits per heavy atom. The molecule has 1 aliphatic rings. The van der Waals surface area contributed by atoms with Crippen molar-refractivity contribution in [3.05, 3.63) is 69.6 Å². The summed E-state index contributed by atoms with van der Waals surface area (Å²) in [4.78, 5) is 53.0. The fourth-order valence-corrected chi connectivity index (χ4v) is 4.84. The Hall–Kier alpha value is -2.75. The lowest BCUT2D eigenvalue weighted by atomic mass is 10.0. The lowest BCUT2D eigenvalue weighted by Crippen LogP contribution is -2.51. The van der Waals surface area contributed by atoms with Gasteiger partial charge in [0, 0.05) is 18.0 Å². The van der Waals surface area contributed by atoms with Crippen LogP contribution in [0.15, 0.2) is 58.3 Å². The minimum Gasteiger partial charge on any atom is -0.353 e. The van der Waals surface area contributed by atoms with Gasteiger partial charge in [-0.25, -0.2) is 0 Å². The highest BCUT2D eigenvalue weighted by Gasteiger charge is 2.35. The number of amides is 4. The zero-order valence-electron chi connectivity index (χ0n) is 19.5. The van der Waals surface area contributed by atoms with Crippen molar-refractivity contribution < 1.29 is 19.2 Å². The van der Waals surface area contributed by atoms with E-state index in [2.05, 4.69) is 10.6 Å². The molecule has 2 aromatic carbocycles. The third kappa shape index (κ3) is 6.90. The van der Waals surface area contributed by atoms with E-state index >= 15 is 0 Å². The molecule has 0 aliphatic carbocycles. The van der Waals surface area contributed by atoms with Gasteiger partial charge >= 0.3 is 0 Å². The number of hydrogen-bond acceptors (Lipinski definition) is 6. The van der Waals surface area contributed by atoms with Crippen molar-refractivity contribution >= 4 is 64.2 Å². The number of carbonyl (C=O) groups excluding carboxylic acids is 4. The molecule has 35 heavy (non-hydrogen) atoms. The van der Waals surface area contributed by atoms with Gasteiger partial charge in [-0.05, 0) is 59.8 Å². The highest BCUT2D eigenvalue weighted by atomic mass is 35.5. The largest absolute Gasteiger partial charge is 0.353 e. The Balaban J connectivity index is 1.57. The van der Waals surface area contributed by atoms with Crippen molar-refractivity contribution in [3.8, 4) is 0 Å². The van der Waals surface area contributed by atoms with Crippen LogP contribution in [0.25, 0.3) is 6.08 Å². The van der Waals surface area contributed by atoms with Gasteiger partial charge in [-0.15, -0.1) is 11.8 Å². The van der Waals surface area contributed by atoms with E-state index in [4.69, 9.17) is 11.6 Å². The highest BCUT2D eigenvalue weighted by molar-refractivity contribution is 8.18. The first-order valence-corrected chi connectivity index (χ1v) is 13.4. The van der Waals surface area contributed by atoms with E-state index in [0.717, 1.165) is 27.1 Å². The van der Waals surface area contributed by atoms with Gasteiger partial charge < -0.3 is 10.6 Å². The number of nitrogens with one attached hydrogen (secondary N) is 2. The van der Waals surface area contributed by atoms with E-state index in [-0.39, 0.29) is 29.8 Å². The summed E-state index contributed by atoms with van der Waals surface area (Å²) in [7, 11) is 0.